The number of hydrogen-bond acceptors (Lipinski definition) is 3. The molecule has 0 aliphatic carbocycles. The van der Waals surface area contributed by atoms with Crippen LogP contribution in [-0.4, -0.2) is 21.5 Å². The van der Waals surface area contributed by atoms with Gasteiger partial charge in [-0.15, -0.1) is 0 Å². The quantitative estimate of drug-likeness (QED) is 0.631. The Hall–Kier alpha value is -2.53. The number of ketones is 1. The average molecular weight is 383 g/mol. The zero-order valence-electron chi connectivity index (χ0n) is 13.0. The van der Waals surface area contributed by atoms with E-state index in [1.54, 1.807) is 42.7 Å². The van der Waals surface area contributed by atoms with E-state index < -0.39 is 5.92 Å². The first kappa shape index (κ1) is 16.3. The molecule has 0 saturated carbocycles. The maximum Gasteiger partial charge on any atom is 0.254 e. The molecule has 0 aliphatic heterocycles. The van der Waals surface area contributed by atoms with E-state index in [9.17, 15) is 9.59 Å². The van der Waals surface area contributed by atoms with Crippen LogP contribution in [0.3, 0.4) is 0 Å². The summed E-state index contributed by atoms with van der Waals surface area (Å²) in [6.45, 7) is 1.81. The summed E-state index contributed by atoms with van der Waals surface area (Å²) in [4.78, 5) is 25.1. The molecule has 0 aliphatic rings. The topological polar surface area (TPSA) is 52.0 Å². The molecule has 4 nitrogen and oxygen atoms in total. The van der Waals surface area contributed by atoms with Crippen LogP contribution in [0, 0.1) is 0 Å². The number of aromatic nitrogens is 2. The third-order valence-corrected chi connectivity index (χ3v) is 4.24. The van der Waals surface area contributed by atoms with Gasteiger partial charge in [0.1, 0.15) is 0 Å². The van der Waals surface area contributed by atoms with Gasteiger partial charge in [0.15, 0.2) is 5.78 Å². The van der Waals surface area contributed by atoms with Gasteiger partial charge in [0.05, 0.1) is 16.6 Å². The van der Waals surface area contributed by atoms with Crippen LogP contribution in [0.4, 0.5) is 0 Å². The van der Waals surface area contributed by atoms with Crippen LogP contribution in [0.5, 0.6) is 0 Å². The molecule has 0 N–H and O–H groups in total. The van der Waals surface area contributed by atoms with E-state index in [0.717, 1.165) is 10.0 Å². The fourth-order valence-corrected chi connectivity index (χ4v) is 2.75. The molecule has 0 saturated heterocycles. The third-order valence-electron chi connectivity index (χ3n) is 3.83. The number of carbonyl (C=O) groups excluding carboxylic acids is 2. The van der Waals surface area contributed by atoms with Gasteiger partial charge in [-0.25, -0.2) is 4.68 Å². The predicted molar refractivity (Wildman–Crippen MR) is 95.3 cm³/mol. The first-order valence-corrected chi connectivity index (χ1v) is 8.29. The number of rotatable bonds is 4. The molecule has 0 radical (unpaired) electrons. The van der Waals surface area contributed by atoms with Gasteiger partial charge in [-0.3, -0.25) is 9.59 Å². The van der Waals surface area contributed by atoms with Gasteiger partial charge in [-0.1, -0.05) is 48.5 Å². The molecular formula is C19H15BrN2O2. The van der Waals surface area contributed by atoms with Crippen LogP contribution >= 0.6 is 15.9 Å². The largest absolute Gasteiger partial charge is 0.289 e. The van der Waals surface area contributed by atoms with E-state index in [2.05, 4.69) is 21.0 Å². The molecular weight excluding hydrogens is 368 g/mol. The number of carbonyl (C=O) groups is 2. The van der Waals surface area contributed by atoms with E-state index in [1.165, 1.54) is 4.68 Å². The highest BCUT2D eigenvalue weighted by atomic mass is 79.9. The van der Waals surface area contributed by atoms with Gasteiger partial charge < -0.3 is 0 Å². The van der Waals surface area contributed by atoms with Gasteiger partial charge in [0.25, 0.3) is 5.91 Å². The molecule has 0 bridgehead atoms. The van der Waals surface area contributed by atoms with Crippen molar-refractivity contribution >= 4 is 27.6 Å². The molecule has 2 aromatic carbocycles. The van der Waals surface area contributed by atoms with Crippen molar-refractivity contribution in [2.45, 2.75) is 12.8 Å². The number of nitrogens with zero attached hydrogens (tertiary/aromatic N) is 2. The fraction of sp³-hybridized carbons (Fsp3) is 0.105. The zero-order valence-corrected chi connectivity index (χ0v) is 14.6. The summed E-state index contributed by atoms with van der Waals surface area (Å²) < 4.78 is 2.05. The van der Waals surface area contributed by atoms with Crippen LogP contribution in [0.1, 0.15) is 39.1 Å². The minimum atomic E-state index is -0.402. The number of halogens is 1. The lowest BCUT2D eigenvalue weighted by Crippen LogP contribution is -2.18. The standard InChI is InChI=1S/C19H15BrN2O2/c1-13(19(24)22-12-17(20)11-21-22)15-8-5-9-16(10-15)18(23)14-6-3-2-4-7-14/h2-13H,1H3. The average Bonchev–Trinajstić information content (AvgIpc) is 3.07. The highest BCUT2D eigenvalue weighted by molar-refractivity contribution is 9.10. The molecule has 1 aromatic heterocycles. The Labute approximate surface area is 148 Å². The summed E-state index contributed by atoms with van der Waals surface area (Å²) in [6, 6.07) is 16.3. The Kier molecular flexibility index (Phi) is 4.71. The maximum atomic E-state index is 12.6. The third kappa shape index (κ3) is 3.36. The molecule has 1 unspecified atom stereocenters. The van der Waals surface area contributed by atoms with Gasteiger partial charge in [0.2, 0.25) is 0 Å². The van der Waals surface area contributed by atoms with E-state index >= 15 is 0 Å². The minimum Gasteiger partial charge on any atom is -0.289 e. The summed E-state index contributed by atoms with van der Waals surface area (Å²) >= 11 is 3.28. The lowest BCUT2D eigenvalue weighted by atomic mass is 9.95. The zero-order chi connectivity index (χ0) is 17.1. The molecule has 5 heteroatoms. The predicted octanol–water partition coefficient (Wildman–Crippen LogP) is 4.32. The van der Waals surface area contributed by atoms with Crippen molar-refractivity contribution in [1.82, 2.24) is 9.78 Å². The summed E-state index contributed by atoms with van der Waals surface area (Å²) in [5.41, 5.74) is 1.98. The molecule has 1 heterocycles. The summed E-state index contributed by atoms with van der Waals surface area (Å²) in [6.07, 6.45) is 3.19. The Morgan fingerprint density at radius 3 is 2.42 bits per heavy atom. The number of hydrogen-bond donors (Lipinski definition) is 0. The van der Waals surface area contributed by atoms with Crippen molar-refractivity contribution in [3.8, 4) is 0 Å². The van der Waals surface area contributed by atoms with Crippen LogP contribution in [0.25, 0.3) is 0 Å². The molecule has 3 rings (SSSR count). The molecule has 120 valence electrons. The lowest BCUT2D eigenvalue weighted by Gasteiger charge is -2.12. The van der Waals surface area contributed by atoms with E-state index in [-0.39, 0.29) is 11.7 Å². The highest BCUT2D eigenvalue weighted by Gasteiger charge is 2.19. The van der Waals surface area contributed by atoms with Crippen LogP contribution in [0.15, 0.2) is 71.5 Å². The second-order valence-electron chi connectivity index (χ2n) is 5.48. The normalized spacial score (nSPS) is 11.9. The van der Waals surface area contributed by atoms with Crippen molar-refractivity contribution in [2.24, 2.45) is 0 Å². The van der Waals surface area contributed by atoms with Gasteiger partial charge in [0, 0.05) is 17.3 Å². The summed E-state index contributed by atoms with van der Waals surface area (Å²) in [5, 5.41) is 4.02. The monoisotopic (exact) mass is 382 g/mol. The Balaban J connectivity index is 1.87. The maximum absolute atomic E-state index is 12.6. The van der Waals surface area contributed by atoms with Gasteiger partial charge in [-0.2, -0.15) is 5.10 Å². The Morgan fingerprint density at radius 2 is 1.75 bits per heavy atom. The smallest absolute Gasteiger partial charge is 0.254 e. The van der Waals surface area contributed by atoms with Crippen molar-refractivity contribution in [1.29, 1.82) is 0 Å². The Bertz CT molecular complexity index is 887. The minimum absolute atomic E-state index is 0.0565. The molecule has 24 heavy (non-hydrogen) atoms. The van der Waals surface area contributed by atoms with E-state index in [1.807, 2.05) is 31.2 Å². The van der Waals surface area contributed by atoms with Crippen molar-refractivity contribution in [3.05, 3.63) is 88.2 Å². The van der Waals surface area contributed by atoms with Crippen LogP contribution < -0.4 is 0 Å². The van der Waals surface area contributed by atoms with Gasteiger partial charge in [-0.05, 0) is 34.5 Å². The second-order valence-corrected chi connectivity index (χ2v) is 6.40. The van der Waals surface area contributed by atoms with Crippen molar-refractivity contribution < 1.29 is 9.59 Å². The van der Waals surface area contributed by atoms with E-state index in [4.69, 9.17) is 0 Å². The van der Waals surface area contributed by atoms with Gasteiger partial charge >= 0.3 is 0 Å². The molecule has 0 amide bonds. The highest BCUT2D eigenvalue weighted by Crippen LogP contribution is 2.21. The molecule has 3 aromatic rings. The first-order valence-electron chi connectivity index (χ1n) is 7.50. The molecule has 0 spiro atoms. The fourth-order valence-electron chi connectivity index (χ4n) is 2.47. The van der Waals surface area contributed by atoms with Crippen molar-refractivity contribution in [2.75, 3.05) is 0 Å². The molecule has 0 fully saturated rings. The SMILES string of the molecule is CC(C(=O)n1cc(Br)cn1)c1cccc(C(=O)c2ccccc2)c1. The van der Waals surface area contributed by atoms with Crippen LogP contribution in [0.2, 0.25) is 0 Å². The van der Waals surface area contributed by atoms with E-state index in [0.29, 0.717) is 11.1 Å². The summed E-state index contributed by atoms with van der Waals surface area (Å²) in [5.74, 6) is -0.607. The number of benzene rings is 2. The molecule has 1 atom stereocenters. The van der Waals surface area contributed by atoms with Crippen LogP contribution in [-0.2, 0) is 0 Å². The second kappa shape index (κ2) is 6.93. The first-order chi connectivity index (χ1) is 11.6. The van der Waals surface area contributed by atoms with Crippen molar-refractivity contribution in [3.63, 3.8) is 0 Å². The summed E-state index contributed by atoms with van der Waals surface area (Å²) in [7, 11) is 0. The lowest BCUT2D eigenvalue weighted by molar-refractivity contribution is 0.0867. The Morgan fingerprint density at radius 1 is 1.04 bits per heavy atom.